The van der Waals surface area contributed by atoms with Crippen molar-refractivity contribution in [1.82, 2.24) is 0 Å². The highest BCUT2D eigenvalue weighted by Crippen LogP contribution is 2.38. The number of rotatable bonds is 24. The van der Waals surface area contributed by atoms with E-state index in [0.717, 1.165) is 38.5 Å². The largest absolute Gasteiger partial charge is 0.481 e. The van der Waals surface area contributed by atoms with Crippen molar-refractivity contribution in [2.24, 2.45) is 5.41 Å². The zero-order valence-corrected chi connectivity index (χ0v) is 21.1. The molecule has 0 bridgehead atoms. The zero-order chi connectivity index (χ0) is 22.3. The lowest BCUT2D eigenvalue weighted by Gasteiger charge is -2.30. The molecule has 2 nitrogen and oxygen atoms in total. The van der Waals surface area contributed by atoms with Crippen LogP contribution in [0, 0.1) is 5.41 Å². The van der Waals surface area contributed by atoms with Gasteiger partial charge in [0.05, 0.1) is 5.41 Å². The molecule has 1 unspecified atom stereocenters. The van der Waals surface area contributed by atoms with E-state index in [9.17, 15) is 9.90 Å². The van der Waals surface area contributed by atoms with Crippen LogP contribution in [0.1, 0.15) is 168 Å². The zero-order valence-electron chi connectivity index (χ0n) is 21.1. The van der Waals surface area contributed by atoms with Gasteiger partial charge in [-0.3, -0.25) is 4.79 Å². The lowest BCUT2D eigenvalue weighted by Crippen LogP contribution is -2.31. The maximum absolute atomic E-state index is 12.4. The number of carboxylic acid groups (broad SMARTS) is 1. The first-order valence-corrected chi connectivity index (χ1v) is 13.9. The smallest absolute Gasteiger partial charge is 0.309 e. The highest BCUT2D eigenvalue weighted by Gasteiger charge is 2.36. The summed E-state index contributed by atoms with van der Waals surface area (Å²) in [5.41, 5.74) is -0.447. The molecule has 0 aromatic heterocycles. The van der Waals surface area contributed by atoms with Gasteiger partial charge in [-0.25, -0.2) is 0 Å². The van der Waals surface area contributed by atoms with Crippen molar-refractivity contribution in [3.63, 3.8) is 0 Å². The highest BCUT2D eigenvalue weighted by atomic mass is 16.4. The molecule has 0 aromatic rings. The molecule has 0 rings (SSSR count). The van der Waals surface area contributed by atoms with Gasteiger partial charge in [-0.05, 0) is 19.3 Å². The number of hydrogen-bond acceptors (Lipinski definition) is 1. The van der Waals surface area contributed by atoms with Crippen molar-refractivity contribution in [3.05, 3.63) is 0 Å². The third kappa shape index (κ3) is 16.2. The summed E-state index contributed by atoms with van der Waals surface area (Å²) in [4.78, 5) is 12.4. The summed E-state index contributed by atoms with van der Waals surface area (Å²) >= 11 is 0. The first-order chi connectivity index (χ1) is 14.6. The number of carboxylic acids is 1. The maximum Gasteiger partial charge on any atom is 0.309 e. The van der Waals surface area contributed by atoms with E-state index in [1.54, 1.807) is 0 Å². The quantitative estimate of drug-likeness (QED) is 0.156. The van der Waals surface area contributed by atoms with Crippen LogP contribution in [0.5, 0.6) is 0 Å². The number of unbranched alkanes of at least 4 members (excludes halogenated alkanes) is 17. The summed E-state index contributed by atoms with van der Waals surface area (Å²) in [6.45, 7) is 6.76. The fourth-order valence-corrected chi connectivity index (χ4v) is 4.78. The average molecular weight is 425 g/mol. The Hall–Kier alpha value is -0.530. The van der Waals surface area contributed by atoms with Crippen LogP contribution in [-0.4, -0.2) is 11.1 Å². The average Bonchev–Trinajstić information content (AvgIpc) is 2.74. The number of hydrogen-bond donors (Lipinski definition) is 1. The van der Waals surface area contributed by atoms with Crippen LogP contribution in [0.15, 0.2) is 0 Å². The Morgan fingerprint density at radius 3 is 0.933 bits per heavy atom. The normalized spacial score (nSPS) is 13.4. The summed E-state index contributed by atoms with van der Waals surface area (Å²) in [6, 6.07) is 0. The fourth-order valence-electron chi connectivity index (χ4n) is 4.78. The SMILES string of the molecule is CCCCCCCCCCC(CCCCCCC)(CCCCCCCCC)C(=O)O. The van der Waals surface area contributed by atoms with Crippen molar-refractivity contribution in [2.45, 2.75) is 168 Å². The van der Waals surface area contributed by atoms with Crippen molar-refractivity contribution in [2.75, 3.05) is 0 Å². The van der Waals surface area contributed by atoms with Gasteiger partial charge in [-0.1, -0.05) is 149 Å². The second kappa shape index (κ2) is 21.7. The van der Waals surface area contributed by atoms with E-state index in [1.165, 1.54) is 109 Å². The third-order valence-electron chi connectivity index (χ3n) is 6.98. The molecule has 0 radical (unpaired) electrons. The van der Waals surface area contributed by atoms with E-state index in [-0.39, 0.29) is 0 Å². The Kier molecular flexibility index (Phi) is 21.3. The Labute approximate surface area is 190 Å². The van der Waals surface area contributed by atoms with Crippen LogP contribution in [0.2, 0.25) is 0 Å². The molecule has 2 heteroatoms. The minimum Gasteiger partial charge on any atom is -0.481 e. The predicted molar refractivity (Wildman–Crippen MR) is 133 cm³/mol. The summed E-state index contributed by atoms with van der Waals surface area (Å²) in [5.74, 6) is -0.507. The standard InChI is InChI=1S/C28H56O2/c1-4-7-10-13-15-17-20-23-26-28(27(29)30,24-21-18-12-9-6-3)25-22-19-16-14-11-8-5-2/h4-26H2,1-3H3,(H,29,30). The van der Waals surface area contributed by atoms with Gasteiger partial charge in [-0.2, -0.15) is 0 Å². The summed E-state index contributed by atoms with van der Waals surface area (Å²) < 4.78 is 0. The molecule has 0 saturated heterocycles. The molecular weight excluding hydrogens is 368 g/mol. The topological polar surface area (TPSA) is 37.3 Å². The number of aliphatic carboxylic acids is 1. The molecule has 180 valence electrons. The van der Waals surface area contributed by atoms with Crippen molar-refractivity contribution in [1.29, 1.82) is 0 Å². The molecule has 0 fully saturated rings. The van der Waals surface area contributed by atoms with Crippen molar-refractivity contribution >= 4 is 5.97 Å². The van der Waals surface area contributed by atoms with Crippen LogP contribution < -0.4 is 0 Å². The van der Waals surface area contributed by atoms with Crippen LogP contribution in [0.3, 0.4) is 0 Å². The van der Waals surface area contributed by atoms with Gasteiger partial charge in [0.2, 0.25) is 0 Å². The van der Waals surface area contributed by atoms with Crippen LogP contribution in [-0.2, 0) is 4.79 Å². The van der Waals surface area contributed by atoms with Gasteiger partial charge in [0, 0.05) is 0 Å². The Bertz CT molecular complexity index is 366. The van der Waals surface area contributed by atoms with Gasteiger partial charge in [0.1, 0.15) is 0 Å². The first kappa shape index (κ1) is 29.5. The van der Waals surface area contributed by atoms with E-state index >= 15 is 0 Å². The van der Waals surface area contributed by atoms with Gasteiger partial charge in [0.15, 0.2) is 0 Å². The molecule has 0 aliphatic rings. The molecule has 0 aliphatic carbocycles. The molecule has 1 atom stereocenters. The van der Waals surface area contributed by atoms with E-state index in [4.69, 9.17) is 0 Å². The molecule has 0 saturated carbocycles. The van der Waals surface area contributed by atoms with E-state index in [2.05, 4.69) is 20.8 Å². The molecule has 1 N–H and O–H groups in total. The Morgan fingerprint density at radius 1 is 0.467 bits per heavy atom. The summed E-state index contributed by atoms with van der Waals surface area (Å²) in [7, 11) is 0. The summed E-state index contributed by atoms with van der Waals surface area (Å²) in [5, 5.41) is 10.2. The first-order valence-electron chi connectivity index (χ1n) is 13.9. The van der Waals surface area contributed by atoms with E-state index in [0.29, 0.717) is 0 Å². The number of carbonyl (C=O) groups is 1. The third-order valence-corrected chi connectivity index (χ3v) is 6.98. The molecule has 0 amide bonds. The molecule has 0 heterocycles. The molecule has 0 aliphatic heterocycles. The van der Waals surface area contributed by atoms with Crippen LogP contribution in [0.4, 0.5) is 0 Å². The lowest BCUT2D eigenvalue weighted by atomic mass is 9.74. The van der Waals surface area contributed by atoms with Gasteiger partial charge in [-0.15, -0.1) is 0 Å². The molecular formula is C28H56O2. The fraction of sp³-hybridized carbons (Fsp3) is 0.964. The Balaban J connectivity index is 4.41. The Morgan fingerprint density at radius 2 is 0.700 bits per heavy atom. The monoisotopic (exact) mass is 424 g/mol. The summed E-state index contributed by atoms with van der Waals surface area (Å²) in [6.07, 6.45) is 28.0. The van der Waals surface area contributed by atoms with E-state index < -0.39 is 11.4 Å². The molecule has 30 heavy (non-hydrogen) atoms. The molecule has 0 spiro atoms. The minimum atomic E-state index is -0.507. The maximum atomic E-state index is 12.4. The second-order valence-corrected chi connectivity index (χ2v) is 9.85. The van der Waals surface area contributed by atoms with Gasteiger partial charge < -0.3 is 5.11 Å². The minimum absolute atomic E-state index is 0.447. The van der Waals surface area contributed by atoms with Crippen LogP contribution in [0.25, 0.3) is 0 Å². The van der Waals surface area contributed by atoms with Crippen molar-refractivity contribution in [3.8, 4) is 0 Å². The van der Waals surface area contributed by atoms with Gasteiger partial charge >= 0.3 is 5.97 Å². The van der Waals surface area contributed by atoms with Crippen molar-refractivity contribution < 1.29 is 9.90 Å². The highest BCUT2D eigenvalue weighted by molar-refractivity contribution is 5.74. The van der Waals surface area contributed by atoms with Crippen LogP contribution >= 0.6 is 0 Å². The predicted octanol–water partition coefficient (Wildman–Crippen LogP) is 10.1. The lowest BCUT2D eigenvalue weighted by molar-refractivity contribution is -0.150. The second-order valence-electron chi connectivity index (χ2n) is 9.85. The van der Waals surface area contributed by atoms with Gasteiger partial charge in [0.25, 0.3) is 0 Å². The molecule has 0 aromatic carbocycles. The van der Waals surface area contributed by atoms with E-state index in [1.807, 2.05) is 0 Å².